The Balaban J connectivity index is 1.57. The Morgan fingerprint density at radius 1 is 1.33 bits per heavy atom. The zero-order chi connectivity index (χ0) is 18.6. The van der Waals surface area contributed by atoms with E-state index in [0.29, 0.717) is 25.3 Å². The van der Waals surface area contributed by atoms with Crippen molar-refractivity contribution in [3.8, 4) is 5.75 Å². The van der Waals surface area contributed by atoms with E-state index in [9.17, 15) is 4.79 Å². The molecule has 27 heavy (non-hydrogen) atoms. The van der Waals surface area contributed by atoms with Crippen LogP contribution < -0.4 is 10.1 Å². The third-order valence-corrected chi connectivity index (χ3v) is 5.52. The van der Waals surface area contributed by atoms with Gasteiger partial charge in [-0.15, -0.1) is 16.4 Å². The van der Waals surface area contributed by atoms with Gasteiger partial charge in [0.2, 0.25) is 0 Å². The molecule has 0 spiro atoms. The number of rotatable bonds is 5. The van der Waals surface area contributed by atoms with Crippen molar-refractivity contribution in [2.24, 2.45) is 0 Å². The Kier molecular flexibility index (Phi) is 5.17. The molecule has 7 nitrogen and oxygen atoms in total. The first kappa shape index (κ1) is 17.7. The van der Waals surface area contributed by atoms with E-state index in [2.05, 4.69) is 15.6 Å². The number of para-hydroxylation sites is 1. The molecule has 2 aromatic heterocycles. The number of nitrogens with zero attached hydrogens (tertiary/aromatic N) is 4. The number of nitrogens with one attached hydrogen (secondary N) is 1. The lowest BCUT2D eigenvalue weighted by Crippen LogP contribution is -2.48. The molecule has 3 heterocycles. The van der Waals surface area contributed by atoms with Gasteiger partial charge in [0, 0.05) is 30.1 Å². The molecule has 1 aromatic carbocycles. The highest BCUT2D eigenvalue weighted by Crippen LogP contribution is 2.30. The second-order valence-electron chi connectivity index (χ2n) is 6.34. The summed E-state index contributed by atoms with van der Waals surface area (Å²) in [6.07, 6.45) is 1.73. The largest absolute Gasteiger partial charge is 0.496 e. The third kappa shape index (κ3) is 3.72. The van der Waals surface area contributed by atoms with Gasteiger partial charge in [-0.05, 0) is 17.5 Å². The average Bonchev–Trinajstić information content (AvgIpc) is 3.40. The maximum atomic E-state index is 13.1. The molecule has 1 atom stereocenters. The van der Waals surface area contributed by atoms with Crippen LogP contribution in [0.3, 0.4) is 0 Å². The van der Waals surface area contributed by atoms with Crippen molar-refractivity contribution < 1.29 is 9.53 Å². The van der Waals surface area contributed by atoms with E-state index in [0.717, 1.165) is 17.9 Å². The Labute approximate surface area is 161 Å². The Morgan fingerprint density at radius 2 is 2.22 bits per heavy atom. The maximum absolute atomic E-state index is 13.1. The lowest BCUT2D eigenvalue weighted by molar-refractivity contribution is 0.0625. The van der Waals surface area contributed by atoms with Crippen molar-refractivity contribution in [1.82, 2.24) is 25.2 Å². The molecule has 0 bridgehead atoms. The average molecular weight is 383 g/mol. The number of benzene rings is 1. The van der Waals surface area contributed by atoms with E-state index in [4.69, 9.17) is 4.74 Å². The van der Waals surface area contributed by atoms with Crippen LogP contribution in [0.2, 0.25) is 0 Å². The molecule has 1 fully saturated rings. The normalized spacial score (nSPS) is 17.1. The summed E-state index contributed by atoms with van der Waals surface area (Å²) in [5, 5.41) is 13.6. The topological polar surface area (TPSA) is 72.3 Å². The van der Waals surface area contributed by atoms with Crippen molar-refractivity contribution in [3.05, 3.63) is 64.1 Å². The number of piperazine rings is 1. The van der Waals surface area contributed by atoms with Gasteiger partial charge >= 0.3 is 0 Å². The molecule has 1 saturated heterocycles. The van der Waals surface area contributed by atoms with Gasteiger partial charge in [-0.2, -0.15) is 0 Å². The van der Waals surface area contributed by atoms with Crippen LogP contribution in [0.4, 0.5) is 0 Å². The van der Waals surface area contributed by atoms with Crippen LogP contribution in [0.15, 0.2) is 48.0 Å². The fourth-order valence-corrected chi connectivity index (χ4v) is 4.05. The number of aromatic nitrogens is 3. The van der Waals surface area contributed by atoms with Crippen molar-refractivity contribution >= 4 is 17.2 Å². The van der Waals surface area contributed by atoms with Crippen molar-refractivity contribution in [2.45, 2.75) is 12.6 Å². The first-order valence-corrected chi connectivity index (χ1v) is 9.71. The summed E-state index contributed by atoms with van der Waals surface area (Å²) < 4.78 is 7.21. The standard InChI is InChI=1S/C19H21N5O2S/c1-26-18-7-3-2-6-15(18)17-11-20-8-9-24(17)19(25)16-13-23(22-21-16)12-14-5-4-10-27-14/h2-7,10,13,17,20H,8-9,11-12H2,1H3. The molecule has 8 heteroatoms. The number of hydrogen-bond acceptors (Lipinski definition) is 6. The molecule has 0 radical (unpaired) electrons. The number of thiophene rings is 1. The third-order valence-electron chi connectivity index (χ3n) is 4.66. The van der Waals surface area contributed by atoms with E-state index in [-0.39, 0.29) is 11.9 Å². The van der Waals surface area contributed by atoms with Crippen molar-refractivity contribution in [3.63, 3.8) is 0 Å². The first-order chi connectivity index (χ1) is 13.3. The number of hydrogen-bond donors (Lipinski definition) is 1. The molecular formula is C19H21N5O2S. The van der Waals surface area contributed by atoms with Gasteiger partial charge in [0.05, 0.1) is 25.9 Å². The summed E-state index contributed by atoms with van der Waals surface area (Å²) in [5.41, 5.74) is 1.36. The lowest BCUT2D eigenvalue weighted by atomic mass is 10.0. The van der Waals surface area contributed by atoms with E-state index in [1.165, 1.54) is 4.88 Å². The van der Waals surface area contributed by atoms with Crippen molar-refractivity contribution in [1.29, 1.82) is 0 Å². The highest BCUT2D eigenvalue weighted by atomic mass is 32.1. The number of methoxy groups -OCH3 is 1. The summed E-state index contributed by atoms with van der Waals surface area (Å²) >= 11 is 1.66. The Bertz CT molecular complexity index is 908. The minimum atomic E-state index is -0.107. The fraction of sp³-hybridized carbons (Fsp3) is 0.316. The summed E-state index contributed by atoms with van der Waals surface area (Å²) in [4.78, 5) is 16.2. The molecule has 3 aromatic rings. The molecule has 1 amide bonds. The lowest BCUT2D eigenvalue weighted by Gasteiger charge is -2.36. The van der Waals surface area contributed by atoms with Gasteiger partial charge in [0.1, 0.15) is 5.75 Å². The highest BCUT2D eigenvalue weighted by Gasteiger charge is 2.31. The molecule has 4 rings (SSSR count). The van der Waals surface area contributed by atoms with E-state index < -0.39 is 0 Å². The summed E-state index contributed by atoms with van der Waals surface area (Å²) in [5.74, 6) is 0.676. The van der Waals surface area contributed by atoms with Crippen LogP contribution in [0.25, 0.3) is 0 Å². The van der Waals surface area contributed by atoms with Gasteiger partial charge in [-0.25, -0.2) is 4.68 Å². The van der Waals surface area contributed by atoms with E-state index >= 15 is 0 Å². The van der Waals surface area contributed by atoms with Crippen LogP contribution >= 0.6 is 11.3 Å². The van der Waals surface area contributed by atoms with Gasteiger partial charge in [-0.1, -0.05) is 29.5 Å². The highest BCUT2D eigenvalue weighted by molar-refractivity contribution is 7.09. The zero-order valence-corrected chi connectivity index (χ0v) is 15.9. The molecule has 140 valence electrons. The Morgan fingerprint density at radius 3 is 3.04 bits per heavy atom. The van der Waals surface area contributed by atoms with Gasteiger partial charge in [0.25, 0.3) is 5.91 Å². The SMILES string of the molecule is COc1ccccc1C1CNCCN1C(=O)c1cn(Cc2cccs2)nn1. The quantitative estimate of drug-likeness (QED) is 0.731. The summed E-state index contributed by atoms with van der Waals surface area (Å²) in [6, 6.07) is 11.8. The second-order valence-corrected chi connectivity index (χ2v) is 7.37. The van der Waals surface area contributed by atoms with Crippen LogP contribution in [0.5, 0.6) is 5.75 Å². The maximum Gasteiger partial charge on any atom is 0.276 e. The van der Waals surface area contributed by atoms with Gasteiger partial charge < -0.3 is 15.0 Å². The Hall–Kier alpha value is -2.71. The van der Waals surface area contributed by atoms with Crippen LogP contribution in [-0.4, -0.2) is 52.5 Å². The van der Waals surface area contributed by atoms with Gasteiger partial charge in [-0.3, -0.25) is 4.79 Å². The predicted molar refractivity (Wildman–Crippen MR) is 103 cm³/mol. The molecule has 0 saturated carbocycles. The first-order valence-electron chi connectivity index (χ1n) is 8.83. The van der Waals surface area contributed by atoms with Crippen LogP contribution in [-0.2, 0) is 6.54 Å². The minimum Gasteiger partial charge on any atom is -0.496 e. The molecule has 0 aliphatic carbocycles. The summed E-state index contributed by atoms with van der Waals surface area (Å²) in [7, 11) is 1.65. The van der Waals surface area contributed by atoms with E-state index in [1.807, 2.05) is 46.7 Å². The zero-order valence-electron chi connectivity index (χ0n) is 15.0. The number of carbonyl (C=O) groups is 1. The van der Waals surface area contributed by atoms with Gasteiger partial charge in [0.15, 0.2) is 5.69 Å². The van der Waals surface area contributed by atoms with Crippen LogP contribution in [0.1, 0.15) is 27.0 Å². The predicted octanol–water partition coefficient (Wildman–Crippen LogP) is 2.18. The number of ether oxygens (including phenoxy) is 1. The number of amides is 1. The van der Waals surface area contributed by atoms with Crippen LogP contribution in [0, 0.1) is 0 Å². The monoisotopic (exact) mass is 383 g/mol. The molecule has 1 unspecified atom stereocenters. The smallest absolute Gasteiger partial charge is 0.276 e. The summed E-state index contributed by atoms with van der Waals surface area (Å²) in [6.45, 7) is 2.66. The molecular weight excluding hydrogens is 362 g/mol. The molecule has 1 N–H and O–H groups in total. The minimum absolute atomic E-state index is 0.107. The molecule has 1 aliphatic heterocycles. The van der Waals surface area contributed by atoms with E-state index in [1.54, 1.807) is 29.3 Å². The van der Waals surface area contributed by atoms with Crippen molar-refractivity contribution in [2.75, 3.05) is 26.7 Å². The molecule has 1 aliphatic rings. The number of carbonyl (C=O) groups excluding carboxylic acids is 1. The fourth-order valence-electron chi connectivity index (χ4n) is 3.35. The second kappa shape index (κ2) is 7.89.